The number of halogens is 3. The molecule has 1 N–H and O–H groups in total. The molecule has 1 aromatic carbocycles. The van der Waals surface area contributed by atoms with Crippen molar-refractivity contribution in [1.82, 2.24) is 4.98 Å². The van der Waals surface area contributed by atoms with Crippen molar-refractivity contribution in [2.45, 2.75) is 0 Å². The average molecular weight is 315 g/mol. The molecule has 0 radical (unpaired) electrons. The van der Waals surface area contributed by atoms with E-state index in [9.17, 15) is 8.78 Å². The highest BCUT2D eigenvalue weighted by molar-refractivity contribution is 7.14. The van der Waals surface area contributed by atoms with E-state index < -0.39 is 11.6 Å². The van der Waals surface area contributed by atoms with Gasteiger partial charge in [0, 0.05) is 10.9 Å². The van der Waals surface area contributed by atoms with E-state index in [4.69, 9.17) is 4.42 Å². The highest BCUT2D eigenvalue weighted by Gasteiger charge is 2.11. The largest absolute Gasteiger partial charge is 0.472 e. The third-order valence-electron chi connectivity index (χ3n) is 2.52. The molecule has 0 spiro atoms. The predicted octanol–water partition coefficient (Wildman–Crippen LogP) is 4.85. The Morgan fingerprint density at radius 1 is 1.15 bits per heavy atom. The second kappa shape index (κ2) is 6.02. The van der Waals surface area contributed by atoms with E-state index in [1.54, 1.807) is 17.7 Å². The van der Waals surface area contributed by atoms with E-state index in [0.717, 1.165) is 5.56 Å². The summed E-state index contributed by atoms with van der Waals surface area (Å²) in [6, 6.07) is 5.46. The first kappa shape index (κ1) is 14.5. The summed E-state index contributed by atoms with van der Waals surface area (Å²) in [5, 5.41) is 4.85. The first-order valence-electron chi connectivity index (χ1n) is 5.43. The lowest BCUT2D eigenvalue weighted by Gasteiger charge is -2.04. The van der Waals surface area contributed by atoms with Gasteiger partial charge >= 0.3 is 0 Å². The molecule has 0 unspecified atom stereocenters. The molecule has 104 valence electrons. The van der Waals surface area contributed by atoms with E-state index in [1.165, 1.54) is 35.8 Å². The molecule has 0 bridgehead atoms. The van der Waals surface area contributed by atoms with Crippen molar-refractivity contribution in [2.75, 3.05) is 5.32 Å². The second-order valence-corrected chi connectivity index (χ2v) is 4.63. The van der Waals surface area contributed by atoms with Crippen LogP contribution < -0.4 is 5.32 Å². The Morgan fingerprint density at radius 3 is 2.55 bits per heavy atom. The Kier molecular flexibility index (Phi) is 4.36. The molecule has 3 nitrogen and oxygen atoms in total. The number of para-hydroxylation sites is 1. The molecular weight excluding hydrogens is 306 g/mol. The normalized spacial score (nSPS) is 10.1. The van der Waals surface area contributed by atoms with E-state index in [-0.39, 0.29) is 18.1 Å². The first-order valence-corrected chi connectivity index (χ1v) is 6.31. The van der Waals surface area contributed by atoms with Crippen molar-refractivity contribution in [3.63, 3.8) is 0 Å². The highest BCUT2D eigenvalue weighted by Crippen LogP contribution is 2.29. The third-order valence-corrected chi connectivity index (χ3v) is 3.27. The van der Waals surface area contributed by atoms with Gasteiger partial charge in [-0.15, -0.1) is 23.7 Å². The van der Waals surface area contributed by atoms with Crippen molar-refractivity contribution in [3.05, 3.63) is 53.8 Å². The van der Waals surface area contributed by atoms with E-state index >= 15 is 0 Å². The van der Waals surface area contributed by atoms with Gasteiger partial charge in [0.2, 0.25) is 0 Å². The number of hydrogen-bond acceptors (Lipinski definition) is 4. The minimum atomic E-state index is -0.653. The van der Waals surface area contributed by atoms with Crippen LogP contribution in [0, 0.1) is 11.6 Å². The van der Waals surface area contributed by atoms with Gasteiger partial charge in [0.15, 0.2) is 5.13 Å². The van der Waals surface area contributed by atoms with Crippen LogP contribution in [0.4, 0.5) is 19.6 Å². The number of anilines is 2. The Balaban J connectivity index is 0.00000147. The Morgan fingerprint density at radius 2 is 1.90 bits per heavy atom. The smallest absolute Gasteiger partial charge is 0.187 e. The van der Waals surface area contributed by atoms with Gasteiger partial charge in [0.25, 0.3) is 0 Å². The SMILES string of the molecule is Cl.Fc1cccc(F)c1Nc1nc(-c2ccoc2)cs1. The molecule has 20 heavy (non-hydrogen) atoms. The molecule has 3 aromatic rings. The second-order valence-electron chi connectivity index (χ2n) is 3.77. The number of nitrogens with zero attached hydrogens (tertiary/aromatic N) is 1. The van der Waals surface area contributed by atoms with E-state index in [1.807, 2.05) is 0 Å². The Bertz CT molecular complexity index is 680. The lowest BCUT2D eigenvalue weighted by atomic mass is 10.3. The maximum absolute atomic E-state index is 13.5. The summed E-state index contributed by atoms with van der Waals surface area (Å²) in [5.41, 5.74) is 1.31. The van der Waals surface area contributed by atoms with Crippen LogP contribution in [0.15, 0.2) is 46.6 Å². The topological polar surface area (TPSA) is 38.1 Å². The summed E-state index contributed by atoms with van der Waals surface area (Å²) in [6.45, 7) is 0. The van der Waals surface area contributed by atoms with Crippen LogP contribution in [0.25, 0.3) is 11.3 Å². The molecule has 0 atom stereocenters. The molecule has 0 aliphatic carbocycles. The van der Waals surface area contributed by atoms with Gasteiger partial charge in [-0.05, 0) is 18.2 Å². The molecular formula is C13H9ClF2N2OS. The van der Waals surface area contributed by atoms with Crippen molar-refractivity contribution in [2.24, 2.45) is 0 Å². The van der Waals surface area contributed by atoms with Crippen LogP contribution >= 0.6 is 23.7 Å². The van der Waals surface area contributed by atoms with Crippen molar-refractivity contribution >= 4 is 34.6 Å². The summed E-state index contributed by atoms with van der Waals surface area (Å²) < 4.78 is 31.9. The van der Waals surface area contributed by atoms with Gasteiger partial charge in [0.1, 0.15) is 17.3 Å². The molecule has 0 aliphatic rings. The molecule has 3 rings (SSSR count). The van der Waals surface area contributed by atoms with Gasteiger partial charge in [-0.1, -0.05) is 6.07 Å². The zero-order valence-corrected chi connectivity index (χ0v) is 11.6. The number of rotatable bonds is 3. The maximum Gasteiger partial charge on any atom is 0.187 e. The fourth-order valence-electron chi connectivity index (χ4n) is 1.60. The molecule has 2 heterocycles. The lowest BCUT2D eigenvalue weighted by molar-refractivity contribution is 0.568. The van der Waals surface area contributed by atoms with Crippen LogP contribution in [-0.2, 0) is 0 Å². The monoisotopic (exact) mass is 314 g/mol. The summed E-state index contributed by atoms with van der Waals surface area (Å²) in [5.74, 6) is -1.31. The number of aromatic nitrogens is 1. The molecule has 0 saturated heterocycles. The van der Waals surface area contributed by atoms with Crippen molar-refractivity contribution in [1.29, 1.82) is 0 Å². The van der Waals surface area contributed by atoms with Crippen molar-refractivity contribution in [3.8, 4) is 11.3 Å². The summed E-state index contributed by atoms with van der Waals surface area (Å²) in [6.07, 6.45) is 3.10. The highest BCUT2D eigenvalue weighted by atomic mass is 35.5. The first-order chi connectivity index (χ1) is 9.24. The fraction of sp³-hybridized carbons (Fsp3) is 0. The Hall–Kier alpha value is -1.92. The van der Waals surface area contributed by atoms with Crippen LogP contribution in [0.2, 0.25) is 0 Å². The summed E-state index contributed by atoms with van der Waals surface area (Å²) >= 11 is 1.26. The molecule has 0 fully saturated rings. The fourth-order valence-corrected chi connectivity index (χ4v) is 2.32. The molecule has 0 amide bonds. The maximum atomic E-state index is 13.5. The number of thiazole rings is 1. The van der Waals surface area contributed by atoms with E-state index in [2.05, 4.69) is 10.3 Å². The zero-order chi connectivity index (χ0) is 13.2. The van der Waals surface area contributed by atoms with Gasteiger partial charge in [-0.2, -0.15) is 0 Å². The standard InChI is InChI=1S/C13H8F2N2OS.ClH/c14-9-2-1-3-10(15)12(9)17-13-16-11(7-19-13)8-4-5-18-6-8;/h1-7H,(H,16,17);1H. The van der Waals surface area contributed by atoms with Crippen LogP contribution in [-0.4, -0.2) is 4.98 Å². The minimum Gasteiger partial charge on any atom is -0.472 e. The van der Waals surface area contributed by atoms with Crippen molar-refractivity contribution < 1.29 is 13.2 Å². The quantitative estimate of drug-likeness (QED) is 0.751. The zero-order valence-electron chi connectivity index (χ0n) is 9.97. The third kappa shape index (κ3) is 2.81. The molecule has 0 aliphatic heterocycles. The Labute approximate surface area is 123 Å². The summed E-state index contributed by atoms with van der Waals surface area (Å²) in [7, 11) is 0. The molecule has 2 aromatic heterocycles. The minimum absolute atomic E-state index is 0. The number of hydrogen-bond donors (Lipinski definition) is 1. The van der Waals surface area contributed by atoms with E-state index in [0.29, 0.717) is 10.8 Å². The number of benzene rings is 1. The molecule has 0 saturated carbocycles. The number of furan rings is 1. The van der Waals surface area contributed by atoms with Gasteiger partial charge in [-0.25, -0.2) is 13.8 Å². The molecule has 7 heteroatoms. The predicted molar refractivity (Wildman–Crippen MR) is 76.7 cm³/mol. The number of nitrogens with one attached hydrogen (secondary N) is 1. The van der Waals surface area contributed by atoms with Crippen LogP contribution in [0.3, 0.4) is 0 Å². The van der Waals surface area contributed by atoms with Crippen LogP contribution in [0.1, 0.15) is 0 Å². The average Bonchev–Trinajstić information content (AvgIpc) is 3.04. The van der Waals surface area contributed by atoms with Gasteiger partial charge < -0.3 is 9.73 Å². The van der Waals surface area contributed by atoms with Crippen LogP contribution in [0.5, 0.6) is 0 Å². The summed E-state index contributed by atoms with van der Waals surface area (Å²) in [4.78, 5) is 4.24. The lowest BCUT2D eigenvalue weighted by Crippen LogP contribution is -1.96. The van der Waals surface area contributed by atoms with Gasteiger partial charge in [-0.3, -0.25) is 0 Å². The van der Waals surface area contributed by atoms with Gasteiger partial charge in [0.05, 0.1) is 18.2 Å².